The zero-order valence-corrected chi connectivity index (χ0v) is 32.9. The van der Waals surface area contributed by atoms with Gasteiger partial charge in [-0.1, -0.05) is 170 Å². The molecule has 2 aliphatic carbocycles. The molecule has 1 unspecified atom stereocenters. The fourth-order valence-corrected chi connectivity index (χ4v) is 11.8. The molecular formula is C57H35NS. The maximum absolute atomic E-state index is 2.50. The molecule has 10 aromatic carbocycles. The van der Waals surface area contributed by atoms with Crippen LogP contribution in [0.3, 0.4) is 0 Å². The quantitative estimate of drug-likeness (QED) is 0.172. The van der Waals surface area contributed by atoms with E-state index in [0.717, 1.165) is 11.4 Å². The first-order chi connectivity index (χ1) is 29.3. The van der Waals surface area contributed by atoms with Crippen molar-refractivity contribution in [3.8, 4) is 33.4 Å². The van der Waals surface area contributed by atoms with Gasteiger partial charge in [0.1, 0.15) is 0 Å². The summed E-state index contributed by atoms with van der Waals surface area (Å²) >= 11 is 1.87. The summed E-state index contributed by atoms with van der Waals surface area (Å²) in [5.74, 6) is 0. The molecule has 0 saturated heterocycles. The lowest BCUT2D eigenvalue weighted by molar-refractivity contribution is 0.755. The molecule has 0 saturated carbocycles. The molecule has 274 valence electrons. The van der Waals surface area contributed by atoms with Crippen molar-refractivity contribution in [3.05, 3.63) is 235 Å². The van der Waals surface area contributed by atoms with Gasteiger partial charge in [0.15, 0.2) is 0 Å². The van der Waals surface area contributed by atoms with Crippen LogP contribution in [-0.2, 0) is 5.41 Å². The zero-order valence-electron chi connectivity index (χ0n) is 32.1. The Balaban J connectivity index is 1.15. The minimum absolute atomic E-state index is 0.580. The molecule has 1 aromatic heterocycles. The van der Waals surface area contributed by atoms with Crippen LogP contribution in [0.4, 0.5) is 17.1 Å². The number of anilines is 3. The van der Waals surface area contributed by atoms with Crippen LogP contribution in [0, 0.1) is 0 Å². The SMILES string of the molecule is c1ccc(-c2ccc3c(c2)C2(c4ccccc4-c4ccc(N(c5ccccc5)c5ccc6c(c5)sc5ccccc56)c5cccc2c45)c2cccc4cccc-3c24)cc1. The van der Waals surface area contributed by atoms with Crippen molar-refractivity contribution in [1.29, 1.82) is 0 Å². The predicted octanol–water partition coefficient (Wildman–Crippen LogP) is 15.8. The van der Waals surface area contributed by atoms with Gasteiger partial charge in [-0.15, -0.1) is 11.3 Å². The van der Waals surface area contributed by atoms with E-state index in [1.807, 2.05) is 11.3 Å². The Hall–Kier alpha value is -7.26. The van der Waals surface area contributed by atoms with Crippen LogP contribution in [0.5, 0.6) is 0 Å². The molecule has 1 heterocycles. The van der Waals surface area contributed by atoms with Crippen molar-refractivity contribution in [2.24, 2.45) is 0 Å². The highest BCUT2D eigenvalue weighted by molar-refractivity contribution is 7.25. The van der Waals surface area contributed by atoms with Crippen molar-refractivity contribution in [1.82, 2.24) is 0 Å². The van der Waals surface area contributed by atoms with E-state index in [2.05, 4.69) is 217 Å². The topological polar surface area (TPSA) is 3.24 Å². The minimum Gasteiger partial charge on any atom is -0.310 e. The van der Waals surface area contributed by atoms with Gasteiger partial charge in [0.25, 0.3) is 0 Å². The Morgan fingerprint density at radius 3 is 1.85 bits per heavy atom. The lowest BCUT2D eigenvalue weighted by Crippen LogP contribution is -2.36. The Morgan fingerprint density at radius 1 is 0.339 bits per heavy atom. The predicted molar refractivity (Wildman–Crippen MR) is 251 cm³/mol. The van der Waals surface area contributed by atoms with E-state index >= 15 is 0 Å². The first-order valence-electron chi connectivity index (χ1n) is 20.4. The van der Waals surface area contributed by atoms with Crippen molar-refractivity contribution < 1.29 is 0 Å². The molecule has 1 nitrogen and oxygen atoms in total. The zero-order chi connectivity index (χ0) is 38.7. The van der Waals surface area contributed by atoms with Gasteiger partial charge in [-0.3, -0.25) is 0 Å². The molecule has 2 heteroatoms. The van der Waals surface area contributed by atoms with Gasteiger partial charge in [-0.25, -0.2) is 0 Å². The third kappa shape index (κ3) is 4.50. The summed E-state index contributed by atoms with van der Waals surface area (Å²) in [4.78, 5) is 2.47. The summed E-state index contributed by atoms with van der Waals surface area (Å²) in [6.07, 6.45) is 0. The van der Waals surface area contributed by atoms with Crippen LogP contribution in [0.15, 0.2) is 212 Å². The number of nitrogens with zero attached hydrogens (tertiary/aromatic N) is 1. The number of rotatable bonds is 4. The molecule has 59 heavy (non-hydrogen) atoms. The molecular weight excluding hydrogens is 731 g/mol. The highest BCUT2D eigenvalue weighted by atomic mass is 32.1. The number of hydrogen-bond acceptors (Lipinski definition) is 2. The maximum atomic E-state index is 2.50. The van der Waals surface area contributed by atoms with Crippen molar-refractivity contribution in [2.45, 2.75) is 5.41 Å². The fraction of sp³-hybridized carbons (Fsp3) is 0.0175. The highest BCUT2D eigenvalue weighted by Crippen LogP contribution is 2.62. The third-order valence-corrected chi connectivity index (χ3v) is 14.2. The normalized spacial score (nSPS) is 14.8. The number of thiophene rings is 1. The summed E-state index contributed by atoms with van der Waals surface area (Å²) < 4.78 is 2.61. The molecule has 1 spiro atoms. The van der Waals surface area contributed by atoms with E-state index in [4.69, 9.17) is 0 Å². The Labute approximate surface area is 346 Å². The van der Waals surface area contributed by atoms with E-state index in [-0.39, 0.29) is 0 Å². The average molecular weight is 766 g/mol. The minimum atomic E-state index is -0.580. The smallest absolute Gasteiger partial charge is 0.0726 e. The van der Waals surface area contributed by atoms with Crippen LogP contribution in [0.1, 0.15) is 22.3 Å². The first kappa shape index (κ1) is 32.8. The standard InChI is InChI=1S/C57H35NS/c1-3-14-36(15-4-1)38-28-30-42-45-22-11-16-37-17-12-25-49(55(37)45)57(51(42)34-38)48-24-9-7-20-41(48)46-32-33-52(47-23-13-26-50(57)56(46)47)58(39-18-5-2-6-19-39)40-29-31-44-43-21-8-10-27-53(43)59-54(44)35-40/h1-35H. The molecule has 0 bridgehead atoms. The number of benzene rings is 10. The number of fused-ring (bicyclic) bond motifs is 11. The number of para-hydroxylation sites is 1. The number of hydrogen-bond donors (Lipinski definition) is 0. The lowest BCUT2D eigenvalue weighted by atomic mass is 9.55. The van der Waals surface area contributed by atoms with E-state index in [9.17, 15) is 0 Å². The van der Waals surface area contributed by atoms with Crippen LogP contribution >= 0.6 is 11.3 Å². The Bertz CT molecular complexity index is 3500. The molecule has 0 N–H and O–H groups in total. The summed E-state index contributed by atoms with van der Waals surface area (Å²) in [5.41, 5.74) is 15.8. The Kier molecular flexibility index (Phi) is 6.87. The summed E-state index contributed by atoms with van der Waals surface area (Å²) in [6.45, 7) is 0. The molecule has 0 fully saturated rings. The van der Waals surface area contributed by atoms with Crippen molar-refractivity contribution >= 4 is 70.1 Å². The van der Waals surface area contributed by atoms with E-state index < -0.39 is 5.41 Å². The van der Waals surface area contributed by atoms with E-state index in [0.29, 0.717) is 0 Å². The molecule has 0 aliphatic heterocycles. The molecule has 1 atom stereocenters. The fourth-order valence-electron chi connectivity index (χ4n) is 10.7. The summed E-state index contributed by atoms with van der Waals surface area (Å²) in [7, 11) is 0. The Morgan fingerprint density at radius 2 is 0.966 bits per heavy atom. The summed E-state index contributed by atoms with van der Waals surface area (Å²) in [5, 5.41) is 7.77. The van der Waals surface area contributed by atoms with Gasteiger partial charge in [0.2, 0.25) is 0 Å². The lowest BCUT2D eigenvalue weighted by Gasteiger charge is -2.46. The monoisotopic (exact) mass is 765 g/mol. The molecule has 0 amide bonds. The molecule has 13 rings (SSSR count). The first-order valence-corrected chi connectivity index (χ1v) is 21.2. The third-order valence-electron chi connectivity index (χ3n) is 13.0. The van der Waals surface area contributed by atoms with Gasteiger partial charge in [-0.05, 0) is 114 Å². The van der Waals surface area contributed by atoms with E-state index in [1.165, 1.54) is 103 Å². The van der Waals surface area contributed by atoms with Crippen LogP contribution in [-0.4, -0.2) is 0 Å². The van der Waals surface area contributed by atoms with Crippen molar-refractivity contribution in [2.75, 3.05) is 4.90 Å². The van der Waals surface area contributed by atoms with Gasteiger partial charge in [0, 0.05) is 36.9 Å². The maximum Gasteiger partial charge on any atom is 0.0726 e. The second-order valence-corrected chi connectivity index (χ2v) is 17.0. The van der Waals surface area contributed by atoms with Gasteiger partial charge >= 0.3 is 0 Å². The van der Waals surface area contributed by atoms with Gasteiger partial charge in [-0.2, -0.15) is 0 Å². The van der Waals surface area contributed by atoms with E-state index in [1.54, 1.807) is 0 Å². The second-order valence-electron chi connectivity index (χ2n) is 15.9. The molecule has 11 aromatic rings. The van der Waals surface area contributed by atoms with Crippen LogP contribution < -0.4 is 4.90 Å². The molecule has 0 radical (unpaired) electrons. The van der Waals surface area contributed by atoms with Gasteiger partial charge in [0.05, 0.1) is 11.1 Å². The average Bonchev–Trinajstić information content (AvgIpc) is 3.68. The summed E-state index contributed by atoms with van der Waals surface area (Å²) in [6, 6.07) is 79.6. The second kappa shape index (κ2) is 12.4. The largest absolute Gasteiger partial charge is 0.310 e. The molecule has 2 aliphatic rings. The van der Waals surface area contributed by atoms with Crippen LogP contribution in [0.25, 0.3) is 75.1 Å². The van der Waals surface area contributed by atoms with Crippen LogP contribution in [0.2, 0.25) is 0 Å². The highest BCUT2D eigenvalue weighted by Gasteiger charge is 2.48. The van der Waals surface area contributed by atoms with Gasteiger partial charge < -0.3 is 4.90 Å². The van der Waals surface area contributed by atoms with Crippen molar-refractivity contribution in [3.63, 3.8) is 0 Å².